The van der Waals surface area contributed by atoms with Crippen LogP contribution < -0.4 is 4.90 Å². The van der Waals surface area contributed by atoms with Crippen LogP contribution in [0.4, 0.5) is 19.0 Å². The minimum absolute atomic E-state index is 0.104. The summed E-state index contributed by atoms with van der Waals surface area (Å²) in [5.74, 6) is 0.738. The van der Waals surface area contributed by atoms with Crippen LogP contribution in [0.1, 0.15) is 12.0 Å². The van der Waals surface area contributed by atoms with Gasteiger partial charge in [0.15, 0.2) is 0 Å². The lowest BCUT2D eigenvalue weighted by Crippen LogP contribution is -2.26. The third-order valence-corrected chi connectivity index (χ3v) is 3.97. The maximum atomic E-state index is 12.5. The molecule has 1 saturated heterocycles. The van der Waals surface area contributed by atoms with Crippen molar-refractivity contribution in [3.63, 3.8) is 0 Å². The van der Waals surface area contributed by atoms with Crippen LogP contribution in [0.3, 0.4) is 0 Å². The van der Waals surface area contributed by atoms with E-state index in [-0.39, 0.29) is 22.1 Å². The smallest absolute Gasteiger partial charge is 0.296 e. The Bertz CT molecular complexity index is 509. The molecule has 2 rings (SSSR count). The standard InChI is InChI=1S/C11H10BrF3N2OS/c12-8-2-7(11(13,14)15)3-16-10(8)17-4-6(5-19)1-9(17)18/h2-3,6,19H,1,4-5H2. The number of nitrogens with zero attached hydrogens (tertiary/aromatic N) is 2. The van der Waals surface area contributed by atoms with E-state index >= 15 is 0 Å². The van der Waals surface area contributed by atoms with E-state index in [2.05, 4.69) is 33.5 Å². The molecule has 1 aliphatic heterocycles. The third-order valence-electron chi connectivity index (χ3n) is 2.87. The quantitative estimate of drug-likeness (QED) is 0.827. The van der Waals surface area contributed by atoms with Crippen LogP contribution in [-0.2, 0) is 11.0 Å². The van der Waals surface area contributed by atoms with Gasteiger partial charge in [-0.05, 0) is 33.7 Å². The molecular weight excluding hydrogens is 345 g/mol. The number of thiol groups is 1. The van der Waals surface area contributed by atoms with Crippen LogP contribution in [-0.4, -0.2) is 23.2 Å². The number of rotatable bonds is 2. The topological polar surface area (TPSA) is 33.2 Å². The van der Waals surface area contributed by atoms with Crippen molar-refractivity contribution in [3.05, 3.63) is 22.3 Å². The summed E-state index contributed by atoms with van der Waals surface area (Å²) in [5, 5.41) is 0. The van der Waals surface area contributed by atoms with Gasteiger partial charge in [0.2, 0.25) is 5.91 Å². The van der Waals surface area contributed by atoms with Crippen LogP contribution in [0.2, 0.25) is 0 Å². The summed E-state index contributed by atoms with van der Waals surface area (Å²) in [5.41, 5.74) is -0.847. The minimum atomic E-state index is -4.45. The van der Waals surface area contributed by atoms with E-state index in [1.54, 1.807) is 0 Å². The summed E-state index contributed by atoms with van der Waals surface area (Å²) in [6.07, 6.45) is -3.36. The molecule has 0 spiro atoms. The van der Waals surface area contributed by atoms with Gasteiger partial charge in [0.25, 0.3) is 0 Å². The first kappa shape index (κ1) is 14.6. The normalized spacial score (nSPS) is 20.2. The second kappa shape index (κ2) is 5.32. The zero-order chi connectivity index (χ0) is 14.2. The van der Waals surface area contributed by atoms with E-state index in [1.165, 1.54) is 4.90 Å². The van der Waals surface area contributed by atoms with Gasteiger partial charge in [-0.1, -0.05) is 0 Å². The number of pyridine rings is 1. The van der Waals surface area contributed by atoms with Gasteiger partial charge >= 0.3 is 6.18 Å². The lowest BCUT2D eigenvalue weighted by Gasteiger charge is -2.18. The average Bonchev–Trinajstić information content (AvgIpc) is 2.69. The van der Waals surface area contributed by atoms with Gasteiger partial charge < -0.3 is 0 Å². The van der Waals surface area contributed by atoms with Crippen molar-refractivity contribution in [2.75, 3.05) is 17.2 Å². The molecule has 1 unspecified atom stereocenters. The first-order chi connectivity index (χ1) is 8.82. The SMILES string of the molecule is O=C1CC(CS)CN1c1ncc(C(F)(F)F)cc1Br. The molecule has 1 fully saturated rings. The van der Waals surface area contributed by atoms with E-state index < -0.39 is 11.7 Å². The van der Waals surface area contributed by atoms with Crippen LogP contribution in [0, 0.1) is 5.92 Å². The molecule has 3 nitrogen and oxygen atoms in total. The highest BCUT2D eigenvalue weighted by Gasteiger charge is 2.34. The number of hydrogen-bond donors (Lipinski definition) is 1. The van der Waals surface area contributed by atoms with Crippen LogP contribution in [0.5, 0.6) is 0 Å². The maximum absolute atomic E-state index is 12.5. The Balaban J connectivity index is 2.30. The maximum Gasteiger partial charge on any atom is 0.417 e. The lowest BCUT2D eigenvalue weighted by molar-refractivity contribution is -0.137. The van der Waals surface area contributed by atoms with Crippen LogP contribution >= 0.6 is 28.6 Å². The summed E-state index contributed by atoms with van der Waals surface area (Å²) in [7, 11) is 0. The van der Waals surface area contributed by atoms with Gasteiger partial charge in [-0.25, -0.2) is 4.98 Å². The third kappa shape index (κ3) is 3.05. The van der Waals surface area contributed by atoms with E-state index in [4.69, 9.17) is 0 Å². The zero-order valence-electron chi connectivity index (χ0n) is 9.62. The number of halogens is 4. The van der Waals surface area contributed by atoms with Crippen molar-refractivity contribution in [1.29, 1.82) is 0 Å². The Morgan fingerprint density at radius 2 is 2.21 bits per heavy atom. The zero-order valence-corrected chi connectivity index (χ0v) is 12.1. The molecule has 1 aromatic heterocycles. The minimum Gasteiger partial charge on any atom is -0.296 e. The molecule has 104 valence electrons. The van der Waals surface area contributed by atoms with Gasteiger partial charge in [-0.2, -0.15) is 25.8 Å². The average molecular weight is 355 g/mol. The fraction of sp³-hybridized carbons (Fsp3) is 0.455. The Labute approximate surface area is 121 Å². The molecule has 8 heteroatoms. The summed E-state index contributed by atoms with van der Waals surface area (Å²) < 4.78 is 37.7. The molecule has 0 radical (unpaired) electrons. The Kier molecular flexibility index (Phi) is 4.10. The summed E-state index contributed by atoms with van der Waals surface area (Å²) in [6.45, 7) is 0.430. The number of carbonyl (C=O) groups excluding carboxylic acids is 1. The summed E-state index contributed by atoms with van der Waals surface area (Å²) in [4.78, 5) is 16.9. The second-order valence-electron chi connectivity index (χ2n) is 4.28. The number of carbonyl (C=O) groups is 1. The molecule has 0 aromatic carbocycles. The fourth-order valence-electron chi connectivity index (χ4n) is 1.89. The molecule has 0 saturated carbocycles. The van der Waals surface area contributed by atoms with E-state index in [1.807, 2.05) is 0 Å². The van der Waals surface area contributed by atoms with Crippen LogP contribution in [0.25, 0.3) is 0 Å². The van der Waals surface area contributed by atoms with Gasteiger partial charge in [-0.15, -0.1) is 0 Å². The molecular formula is C11H10BrF3N2OS. The first-order valence-corrected chi connectivity index (χ1v) is 6.89. The molecule has 1 aliphatic rings. The molecule has 2 heterocycles. The fourth-order valence-corrected chi connectivity index (χ4v) is 2.70. The van der Waals surface area contributed by atoms with Crippen molar-refractivity contribution in [3.8, 4) is 0 Å². The number of anilines is 1. The van der Waals surface area contributed by atoms with Gasteiger partial charge in [-0.3, -0.25) is 9.69 Å². The van der Waals surface area contributed by atoms with E-state index in [0.29, 0.717) is 18.7 Å². The van der Waals surface area contributed by atoms with Gasteiger partial charge in [0.05, 0.1) is 10.0 Å². The highest BCUT2D eigenvalue weighted by Crippen LogP contribution is 2.35. The highest BCUT2D eigenvalue weighted by molar-refractivity contribution is 9.10. The Morgan fingerprint density at radius 1 is 1.53 bits per heavy atom. The molecule has 19 heavy (non-hydrogen) atoms. The van der Waals surface area contributed by atoms with Gasteiger partial charge in [0.1, 0.15) is 5.82 Å². The molecule has 0 aliphatic carbocycles. The summed E-state index contributed by atoms with van der Waals surface area (Å²) >= 11 is 7.17. The highest BCUT2D eigenvalue weighted by atomic mass is 79.9. The number of amides is 1. The second-order valence-corrected chi connectivity index (χ2v) is 5.50. The van der Waals surface area contributed by atoms with Gasteiger partial charge in [0, 0.05) is 19.2 Å². The monoisotopic (exact) mass is 354 g/mol. The van der Waals surface area contributed by atoms with Crippen LogP contribution in [0.15, 0.2) is 16.7 Å². The first-order valence-electron chi connectivity index (χ1n) is 5.47. The van der Waals surface area contributed by atoms with E-state index in [0.717, 1.165) is 12.3 Å². The molecule has 1 aromatic rings. The summed E-state index contributed by atoms with van der Waals surface area (Å²) in [6, 6.07) is 0.934. The molecule has 0 N–H and O–H groups in total. The Hall–Kier alpha value is -0.760. The predicted molar refractivity (Wildman–Crippen MR) is 71.3 cm³/mol. The van der Waals surface area contributed by atoms with Crippen molar-refractivity contribution in [2.24, 2.45) is 5.92 Å². The number of hydrogen-bond acceptors (Lipinski definition) is 3. The number of aromatic nitrogens is 1. The van der Waals surface area contributed by atoms with Crippen molar-refractivity contribution in [1.82, 2.24) is 4.98 Å². The van der Waals surface area contributed by atoms with Crippen molar-refractivity contribution < 1.29 is 18.0 Å². The van der Waals surface area contributed by atoms with Crippen molar-refractivity contribution in [2.45, 2.75) is 12.6 Å². The molecule has 1 amide bonds. The van der Waals surface area contributed by atoms with Crippen molar-refractivity contribution >= 4 is 40.3 Å². The van der Waals surface area contributed by atoms with E-state index in [9.17, 15) is 18.0 Å². The molecule has 0 bridgehead atoms. The Morgan fingerprint density at radius 3 is 2.68 bits per heavy atom. The molecule has 1 atom stereocenters. The largest absolute Gasteiger partial charge is 0.417 e. The number of alkyl halides is 3. The predicted octanol–water partition coefficient (Wildman–Crippen LogP) is 3.15. The lowest BCUT2D eigenvalue weighted by atomic mass is 10.1.